The quantitative estimate of drug-likeness (QED) is 0.928. The molecule has 0 aromatic heterocycles. The molecule has 2 amide bonds. The number of hydrogen-bond acceptors (Lipinski definition) is 3. The summed E-state index contributed by atoms with van der Waals surface area (Å²) < 4.78 is 5.97. The molecule has 0 saturated heterocycles. The summed E-state index contributed by atoms with van der Waals surface area (Å²) in [7, 11) is 0. The van der Waals surface area contributed by atoms with Gasteiger partial charge in [0.1, 0.15) is 11.4 Å². The summed E-state index contributed by atoms with van der Waals surface area (Å²) in [6, 6.07) is 6.85. The third-order valence-electron chi connectivity index (χ3n) is 3.69. The maximum Gasteiger partial charge on any atom is 0.315 e. The Hall–Kier alpha value is -2.22. The molecule has 1 heterocycles. The van der Waals surface area contributed by atoms with E-state index in [9.17, 15) is 4.79 Å². The Morgan fingerprint density at radius 2 is 2.29 bits per heavy atom. The molecule has 1 aromatic carbocycles. The normalized spacial score (nSPS) is 19.0. The summed E-state index contributed by atoms with van der Waals surface area (Å²) in [6.45, 7) is 6.58. The number of nitriles is 1. The van der Waals surface area contributed by atoms with Crippen LogP contribution in [0.2, 0.25) is 0 Å². The van der Waals surface area contributed by atoms with Gasteiger partial charge in [-0.25, -0.2) is 4.79 Å². The average Bonchev–Trinajstić information content (AvgIpc) is 2.42. The van der Waals surface area contributed by atoms with Gasteiger partial charge in [0.05, 0.1) is 17.7 Å². The van der Waals surface area contributed by atoms with Crippen molar-refractivity contribution in [2.45, 2.75) is 45.3 Å². The fourth-order valence-electron chi connectivity index (χ4n) is 2.82. The number of carbonyl (C=O) groups is 1. The average molecular weight is 287 g/mol. The molecule has 0 fully saturated rings. The number of rotatable bonds is 3. The molecule has 1 aliphatic rings. The lowest BCUT2D eigenvalue weighted by Crippen LogP contribution is -2.46. The first-order valence-electron chi connectivity index (χ1n) is 7.17. The molecule has 112 valence electrons. The first-order valence-corrected chi connectivity index (χ1v) is 7.17. The number of amides is 2. The molecule has 2 rings (SSSR count). The van der Waals surface area contributed by atoms with Crippen molar-refractivity contribution >= 4 is 6.03 Å². The van der Waals surface area contributed by atoms with Gasteiger partial charge >= 0.3 is 6.03 Å². The fourth-order valence-corrected chi connectivity index (χ4v) is 2.82. The number of hydrogen-bond donors (Lipinski definition) is 1. The van der Waals surface area contributed by atoms with Gasteiger partial charge in [-0.1, -0.05) is 6.92 Å². The number of nitrogens with two attached hydrogens (primary N) is 1. The molecular weight excluding hydrogens is 266 g/mol. The first-order chi connectivity index (χ1) is 9.88. The highest BCUT2D eigenvalue weighted by molar-refractivity contribution is 5.73. The highest BCUT2D eigenvalue weighted by Crippen LogP contribution is 2.42. The third-order valence-corrected chi connectivity index (χ3v) is 3.69. The van der Waals surface area contributed by atoms with E-state index in [-0.39, 0.29) is 11.6 Å². The molecule has 1 aliphatic heterocycles. The minimum absolute atomic E-state index is 0.158. The van der Waals surface area contributed by atoms with Crippen LogP contribution in [-0.2, 0) is 0 Å². The molecule has 0 aliphatic carbocycles. The Morgan fingerprint density at radius 3 is 2.86 bits per heavy atom. The minimum atomic E-state index is -0.437. The van der Waals surface area contributed by atoms with Crippen molar-refractivity contribution in [3.63, 3.8) is 0 Å². The van der Waals surface area contributed by atoms with E-state index in [4.69, 9.17) is 15.7 Å². The van der Waals surface area contributed by atoms with E-state index in [1.165, 1.54) is 0 Å². The van der Waals surface area contributed by atoms with Crippen LogP contribution in [0.25, 0.3) is 0 Å². The van der Waals surface area contributed by atoms with Crippen LogP contribution >= 0.6 is 0 Å². The van der Waals surface area contributed by atoms with Crippen LogP contribution in [0, 0.1) is 11.3 Å². The second kappa shape index (κ2) is 5.65. The molecule has 1 atom stereocenters. The lowest BCUT2D eigenvalue weighted by molar-refractivity contribution is 0.0413. The second-order valence-electron chi connectivity index (χ2n) is 5.98. The molecule has 0 bridgehead atoms. The van der Waals surface area contributed by atoms with Gasteiger partial charge in [-0.05, 0) is 38.5 Å². The van der Waals surface area contributed by atoms with Crippen molar-refractivity contribution in [2.24, 2.45) is 5.73 Å². The van der Waals surface area contributed by atoms with Gasteiger partial charge in [-0.3, -0.25) is 0 Å². The largest absolute Gasteiger partial charge is 0.487 e. The molecule has 0 radical (unpaired) electrons. The van der Waals surface area contributed by atoms with Crippen molar-refractivity contribution < 1.29 is 9.53 Å². The maximum absolute atomic E-state index is 11.8. The van der Waals surface area contributed by atoms with Crippen LogP contribution in [0.15, 0.2) is 18.2 Å². The SMILES string of the molecule is CCCN(C(N)=O)[C@@H]1CC(C)(C)Oc2ccc(C#N)cc21. The van der Waals surface area contributed by atoms with Crippen LogP contribution in [0.1, 0.15) is 50.8 Å². The van der Waals surface area contributed by atoms with Crippen molar-refractivity contribution in [3.05, 3.63) is 29.3 Å². The van der Waals surface area contributed by atoms with Crippen LogP contribution in [0.5, 0.6) is 5.75 Å². The minimum Gasteiger partial charge on any atom is -0.487 e. The van der Waals surface area contributed by atoms with Gasteiger partial charge in [0.25, 0.3) is 0 Å². The Morgan fingerprint density at radius 1 is 1.57 bits per heavy atom. The van der Waals surface area contributed by atoms with Crippen LogP contribution in [0.3, 0.4) is 0 Å². The summed E-state index contributed by atoms with van der Waals surface area (Å²) in [5.41, 5.74) is 6.59. The lowest BCUT2D eigenvalue weighted by Gasteiger charge is -2.42. The molecule has 0 unspecified atom stereocenters. The predicted molar refractivity (Wildman–Crippen MR) is 79.8 cm³/mol. The number of benzene rings is 1. The lowest BCUT2D eigenvalue weighted by atomic mass is 9.88. The number of carbonyl (C=O) groups excluding carboxylic acids is 1. The van der Waals surface area contributed by atoms with E-state index in [0.717, 1.165) is 17.7 Å². The summed E-state index contributed by atoms with van der Waals surface area (Å²) in [5.74, 6) is 0.720. The fraction of sp³-hybridized carbons (Fsp3) is 0.500. The highest BCUT2D eigenvalue weighted by atomic mass is 16.5. The first kappa shape index (κ1) is 15.2. The molecule has 0 saturated carbocycles. The highest BCUT2D eigenvalue weighted by Gasteiger charge is 2.38. The molecule has 1 aromatic rings. The molecule has 0 spiro atoms. The number of ether oxygens (including phenoxy) is 1. The van der Waals surface area contributed by atoms with E-state index in [1.807, 2.05) is 20.8 Å². The zero-order chi connectivity index (χ0) is 15.6. The Bertz CT molecular complexity index is 590. The number of urea groups is 1. The summed E-state index contributed by atoms with van der Waals surface area (Å²) in [4.78, 5) is 13.5. The van der Waals surface area contributed by atoms with E-state index >= 15 is 0 Å². The van der Waals surface area contributed by atoms with Gasteiger partial charge in [0.2, 0.25) is 0 Å². The molecule has 5 heteroatoms. The van der Waals surface area contributed by atoms with Crippen LogP contribution in [0.4, 0.5) is 4.79 Å². The van der Waals surface area contributed by atoms with Crippen molar-refractivity contribution in [3.8, 4) is 11.8 Å². The van der Waals surface area contributed by atoms with E-state index in [2.05, 4.69) is 6.07 Å². The Kier molecular flexibility index (Phi) is 4.08. The number of primary amides is 1. The van der Waals surface area contributed by atoms with Gasteiger partial charge < -0.3 is 15.4 Å². The molecule has 21 heavy (non-hydrogen) atoms. The number of nitrogens with zero attached hydrogens (tertiary/aromatic N) is 2. The summed E-state index contributed by atoms with van der Waals surface area (Å²) in [5, 5.41) is 9.08. The zero-order valence-corrected chi connectivity index (χ0v) is 12.7. The topological polar surface area (TPSA) is 79.3 Å². The third kappa shape index (κ3) is 3.10. The van der Waals surface area contributed by atoms with Gasteiger partial charge in [0.15, 0.2) is 0 Å². The molecule has 5 nitrogen and oxygen atoms in total. The van der Waals surface area contributed by atoms with E-state index < -0.39 is 6.03 Å². The van der Waals surface area contributed by atoms with Crippen molar-refractivity contribution in [1.82, 2.24) is 4.90 Å². The molecular formula is C16H21N3O2. The van der Waals surface area contributed by atoms with Gasteiger partial charge in [-0.15, -0.1) is 0 Å². The zero-order valence-electron chi connectivity index (χ0n) is 12.7. The smallest absolute Gasteiger partial charge is 0.315 e. The van der Waals surface area contributed by atoms with Crippen LogP contribution < -0.4 is 10.5 Å². The Balaban J connectivity index is 2.50. The Labute approximate surface area is 125 Å². The van der Waals surface area contributed by atoms with Crippen molar-refractivity contribution in [1.29, 1.82) is 5.26 Å². The van der Waals surface area contributed by atoms with E-state index in [0.29, 0.717) is 18.5 Å². The van der Waals surface area contributed by atoms with E-state index in [1.54, 1.807) is 23.1 Å². The van der Waals surface area contributed by atoms with Gasteiger partial charge in [-0.2, -0.15) is 5.26 Å². The number of fused-ring (bicyclic) bond motifs is 1. The second-order valence-corrected chi connectivity index (χ2v) is 5.98. The van der Waals surface area contributed by atoms with Crippen molar-refractivity contribution in [2.75, 3.05) is 6.54 Å². The standard InChI is InChI=1S/C16H21N3O2/c1-4-7-19(15(18)20)13-9-16(2,3)21-14-6-5-11(10-17)8-12(13)14/h5-6,8,13H,4,7,9H2,1-3H3,(H2,18,20)/t13-/m1/s1. The summed E-state index contributed by atoms with van der Waals surface area (Å²) in [6.07, 6.45) is 1.48. The molecule has 2 N–H and O–H groups in total. The van der Waals surface area contributed by atoms with Crippen LogP contribution in [-0.4, -0.2) is 23.1 Å². The summed E-state index contributed by atoms with van der Waals surface area (Å²) >= 11 is 0. The maximum atomic E-state index is 11.8. The predicted octanol–water partition coefficient (Wildman–Crippen LogP) is 2.95. The monoisotopic (exact) mass is 287 g/mol. The van der Waals surface area contributed by atoms with Gasteiger partial charge in [0, 0.05) is 18.5 Å².